The number of carbonyl (C=O) groups is 4. The van der Waals surface area contributed by atoms with Gasteiger partial charge in [-0.25, -0.2) is 14.4 Å². The molecular weight excluding hydrogens is 700 g/mol. The zero-order valence-electron chi connectivity index (χ0n) is 32.2. The molecule has 13 heteroatoms. The number of carboxylic acids is 3. The maximum atomic E-state index is 13.0. The van der Waals surface area contributed by atoms with E-state index >= 15 is 0 Å². The topological polar surface area (TPSA) is 206 Å². The fraction of sp³-hybridized carbons (Fsp3) is 0.707. The van der Waals surface area contributed by atoms with E-state index in [1.165, 1.54) is 58.3 Å². The molecule has 0 unspecified atom stereocenters. The number of esters is 1. The fourth-order valence-corrected chi connectivity index (χ4v) is 7.86. The molecule has 2 bridgehead atoms. The number of rotatable bonds is 27. The molecule has 2 fully saturated rings. The first-order valence-corrected chi connectivity index (χ1v) is 19.7. The van der Waals surface area contributed by atoms with Crippen molar-refractivity contribution in [1.29, 1.82) is 0 Å². The van der Waals surface area contributed by atoms with Crippen molar-refractivity contribution in [2.24, 2.45) is 5.92 Å². The monoisotopic (exact) mass is 762 g/mol. The van der Waals surface area contributed by atoms with Gasteiger partial charge in [-0.2, -0.15) is 0 Å². The Kier molecular flexibility index (Phi) is 17.6. The van der Waals surface area contributed by atoms with Crippen molar-refractivity contribution in [3.05, 3.63) is 48.0 Å². The highest BCUT2D eigenvalue weighted by molar-refractivity contribution is 5.97. The van der Waals surface area contributed by atoms with Gasteiger partial charge in [-0.15, -0.1) is 0 Å². The van der Waals surface area contributed by atoms with Crippen LogP contribution in [0.3, 0.4) is 0 Å². The van der Waals surface area contributed by atoms with E-state index in [0.717, 1.165) is 31.2 Å². The molecule has 0 aromatic heterocycles. The molecule has 1 aromatic carbocycles. The summed E-state index contributed by atoms with van der Waals surface area (Å²) < 4.78 is 22.9. The Hall–Kier alpha value is -3.36. The zero-order valence-corrected chi connectivity index (χ0v) is 32.2. The Morgan fingerprint density at radius 1 is 0.852 bits per heavy atom. The number of fused-ring (bicyclic) bond motifs is 2. The third kappa shape index (κ3) is 10.7. The Bertz CT molecular complexity index is 1380. The number of unbranched alkanes of at least 4 members (excludes halogenated alkanes) is 13. The van der Waals surface area contributed by atoms with Crippen LogP contribution in [0, 0.1) is 5.92 Å². The lowest BCUT2D eigenvalue weighted by atomic mass is 9.74. The van der Waals surface area contributed by atoms with Crippen molar-refractivity contribution in [2.45, 2.75) is 171 Å². The molecule has 0 amide bonds. The van der Waals surface area contributed by atoms with Gasteiger partial charge in [0, 0.05) is 25.9 Å². The fourth-order valence-electron chi connectivity index (χ4n) is 7.86. The lowest BCUT2D eigenvalue weighted by Gasteiger charge is -2.49. The van der Waals surface area contributed by atoms with Crippen molar-refractivity contribution in [2.75, 3.05) is 6.61 Å². The highest BCUT2D eigenvalue weighted by Gasteiger charge is 2.85. The third-order valence-corrected chi connectivity index (χ3v) is 10.8. The molecule has 2 aliphatic heterocycles. The van der Waals surface area contributed by atoms with Crippen molar-refractivity contribution < 1.29 is 63.7 Å². The summed E-state index contributed by atoms with van der Waals surface area (Å²) in [6.45, 7) is 9.27. The van der Waals surface area contributed by atoms with Crippen LogP contribution in [0.1, 0.15) is 129 Å². The SMILES string of the molecule is C=C(CC[C@]12O[C@H](C(=O)O)[C@@](O)(C(=O)O)[C@](C(=O)O)(O1)[C@H](OCCCCCCCCCCCCCCCC)[C@H]2O)[C@@H](OC(C)=O)[C@H](C)Cc1ccccc1. The number of aliphatic hydroxyl groups is 2. The number of carbonyl (C=O) groups excluding carboxylic acids is 1. The first kappa shape index (κ1) is 45.0. The molecule has 304 valence electrons. The van der Waals surface area contributed by atoms with E-state index in [4.69, 9.17) is 18.9 Å². The molecule has 0 saturated carbocycles. The lowest BCUT2D eigenvalue weighted by molar-refractivity contribution is -0.374. The Morgan fingerprint density at radius 2 is 1.39 bits per heavy atom. The van der Waals surface area contributed by atoms with Crippen LogP contribution in [0.15, 0.2) is 42.5 Å². The van der Waals surface area contributed by atoms with Gasteiger partial charge in [-0.05, 0) is 30.4 Å². The van der Waals surface area contributed by atoms with Gasteiger partial charge in [0.1, 0.15) is 18.3 Å². The second-order valence-corrected chi connectivity index (χ2v) is 15.1. The second-order valence-electron chi connectivity index (χ2n) is 15.1. The summed E-state index contributed by atoms with van der Waals surface area (Å²) in [7, 11) is 0. The average Bonchev–Trinajstić information content (AvgIpc) is 3.34. The normalized spacial score (nSPS) is 27.2. The second kappa shape index (κ2) is 21.1. The predicted octanol–water partition coefficient (Wildman–Crippen LogP) is 6.21. The molecule has 5 N–H and O–H groups in total. The molecule has 0 spiro atoms. The molecule has 1 aromatic rings. The minimum absolute atomic E-state index is 0.125. The van der Waals surface area contributed by atoms with Gasteiger partial charge < -0.3 is 44.5 Å². The van der Waals surface area contributed by atoms with Gasteiger partial charge in [0.2, 0.25) is 17.3 Å². The molecule has 2 heterocycles. The van der Waals surface area contributed by atoms with E-state index in [2.05, 4.69) is 13.5 Å². The van der Waals surface area contributed by atoms with Crippen LogP contribution in [-0.2, 0) is 44.5 Å². The van der Waals surface area contributed by atoms with E-state index in [-0.39, 0.29) is 18.9 Å². The highest BCUT2D eigenvalue weighted by Crippen LogP contribution is 2.56. The van der Waals surface area contributed by atoms with Gasteiger partial charge in [0.05, 0.1) is 0 Å². The number of ether oxygens (including phenoxy) is 4. The third-order valence-electron chi connectivity index (χ3n) is 10.8. The van der Waals surface area contributed by atoms with Gasteiger partial charge >= 0.3 is 23.9 Å². The van der Waals surface area contributed by atoms with E-state index in [1.54, 1.807) is 0 Å². The molecular formula is C41H62O13. The Labute approximate surface area is 319 Å². The number of hydrogen-bond acceptors (Lipinski definition) is 10. The van der Waals surface area contributed by atoms with Crippen molar-refractivity contribution in [3.63, 3.8) is 0 Å². The smallest absolute Gasteiger partial charge is 0.343 e. The minimum atomic E-state index is -3.70. The van der Waals surface area contributed by atoms with Crippen LogP contribution in [0.2, 0.25) is 0 Å². The molecule has 3 rings (SSSR count). The van der Waals surface area contributed by atoms with Crippen LogP contribution >= 0.6 is 0 Å². The quantitative estimate of drug-likeness (QED) is 0.0385. The first-order valence-electron chi connectivity index (χ1n) is 19.7. The van der Waals surface area contributed by atoms with Gasteiger partial charge in [0.15, 0.2) is 5.79 Å². The molecule has 54 heavy (non-hydrogen) atoms. The summed E-state index contributed by atoms with van der Waals surface area (Å²) >= 11 is 0. The molecule has 13 nitrogen and oxygen atoms in total. The molecule has 0 radical (unpaired) electrons. The summed E-state index contributed by atoms with van der Waals surface area (Å²) in [6, 6.07) is 9.46. The standard InChI is InChI=1S/C41H62O13/c1-5-6-7-8-9-10-11-12-13-14-15-16-17-21-26-51-34-33(43)39(53-35(36(44)45)40(50,37(46)47)41(34,54-39)38(48)49)25-24-28(2)32(52-30(4)42)29(3)27-31-22-19-18-20-23-31/h18-20,22-23,29,32-35,43,50H,2,5-17,21,24-27H2,1,3-4H3,(H,44,45)(H,46,47)(H,48,49)/t29-,32-,33-,34-,35-,39+,40-,41+/m1/s1. The van der Waals surface area contributed by atoms with Crippen LogP contribution in [0.4, 0.5) is 0 Å². The molecule has 2 saturated heterocycles. The van der Waals surface area contributed by atoms with E-state index < -0.39 is 71.7 Å². The van der Waals surface area contributed by atoms with E-state index in [0.29, 0.717) is 24.8 Å². The van der Waals surface area contributed by atoms with Crippen LogP contribution in [0.5, 0.6) is 0 Å². The van der Waals surface area contributed by atoms with E-state index in [1.807, 2.05) is 37.3 Å². The van der Waals surface area contributed by atoms with E-state index in [9.17, 15) is 44.7 Å². The lowest BCUT2D eigenvalue weighted by Crippen LogP contribution is -2.78. The summed E-state index contributed by atoms with van der Waals surface area (Å²) in [6.07, 6.45) is 7.78. The molecule has 2 aliphatic rings. The first-order chi connectivity index (χ1) is 25.7. The largest absolute Gasteiger partial charge is 0.479 e. The summed E-state index contributed by atoms with van der Waals surface area (Å²) in [5, 5.41) is 54.0. The molecule has 0 aliphatic carbocycles. The number of aliphatic carboxylic acids is 3. The summed E-state index contributed by atoms with van der Waals surface area (Å²) in [4.78, 5) is 50.2. The number of benzene rings is 1. The minimum Gasteiger partial charge on any atom is -0.479 e. The van der Waals surface area contributed by atoms with Crippen molar-refractivity contribution in [3.8, 4) is 0 Å². The summed E-state index contributed by atoms with van der Waals surface area (Å²) in [5.41, 5.74) is -5.66. The van der Waals surface area contributed by atoms with Crippen LogP contribution in [0.25, 0.3) is 0 Å². The summed E-state index contributed by atoms with van der Waals surface area (Å²) in [5.74, 6) is -9.57. The maximum absolute atomic E-state index is 13.0. The number of carboxylic acid groups (broad SMARTS) is 3. The highest BCUT2D eigenvalue weighted by atomic mass is 16.8. The van der Waals surface area contributed by atoms with Crippen molar-refractivity contribution >= 4 is 23.9 Å². The zero-order chi connectivity index (χ0) is 39.9. The number of aliphatic hydroxyl groups excluding tert-OH is 1. The Morgan fingerprint density at radius 3 is 1.87 bits per heavy atom. The van der Waals surface area contributed by atoms with Crippen LogP contribution in [-0.4, -0.2) is 97.4 Å². The van der Waals surface area contributed by atoms with Crippen molar-refractivity contribution in [1.82, 2.24) is 0 Å². The predicted molar refractivity (Wildman–Crippen MR) is 199 cm³/mol. The molecule has 8 atom stereocenters. The Balaban J connectivity index is 1.70. The van der Waals surface area contributed by atoms with Gasteiger partial charge in [-0.1, -0.05) is 134 Å². The van der Waals surface area contributed by atoms with Crippen LogP contribution < -0.4 is 0 Å². The van der Waals surface area contributed by atoms with Gasteiger partial charge in [-0.3, -0.25) is 4.79 Å². The maximum Gasteiger partial charge on any atom is 0.343 e. The van der Waals surface area contributed by atoms with Gasteiger partial charge in [0.25, 0.3) is 0 Å². The average molecular weight is 763 g/mol. The number of hydrogen-bond donors (Lipinski definition) is 5.